The van der Waals surface area contributed by atoms with Crippen molar-refractivity contribution in [2.45, 2.75) is 25.8 Å². The first-order chi connectivity index (χ1) is 14.3. The lowest BCUT2D eigenvalue weighted by Crippen LogP contribution is -2.53. The van der Waals surface area contributed by atoms with Crippen LogP contribution in [-0.2, 0) is 0 Å². The van der Waals surface area contributed by atoms with Gasteiger partial charge in [-0.05, 0) is 56.5 Å². The number of imidazole rings is 1. The molecule has 0 radical (unpaired) electrons. The van der Waals surface area contributed by atoms with Gasteiger partial charge in [0.05, 0.1) is 27.8 Å². The van der Waals surface area contributed by atoms with E-state index >= 15 is 0 Å². The van der Waals surface area contributed by atoms with E-state index in [-0.39, 0.29) is 0 Å². The lowest BCUT2D eigenvalue weighted by molar-refractivity contribution is 0.0976. The minimum Gasteiger partial charge on any atom is -0.380 e. The number of hydrogen-bond donors (Lipinski definition) is 2. The second-order valence-corrected chi connectivity index (χ2v) is 8.51. The highest BCUT2D eigenvalue weighted by atomic mass is 15.2. The summed E-state index contributed by atoms with van der Waals surface area (Å²) in [5.74, 6) is 1.63. The summed E-state index contributed by atoms with van der Waals surface area (Å²) in [6.45, 7) is 5.75. The van der Waals surface area contributed by atoms with Gasteiger partial charge < -0.3 is 15.2 Å². The summed E-state index contributed by atoms with van der Waals surface area (Å²) in [4.78, 5) is 15.8. The van der Waals surface area contributed by atoms with Gasteiger partial charge in [0.15, 0.2) is 0 Å². The monoisotopic (exact) mass is 383 g/mol. The Morgan fingerprint density at radius 2 is 1.93 bits per heavy atom. The van der Waals surface area contributed by atoms with Crippen LogP contribution in [0.25, 0.3) is 33.3 Å². The van der Waals surface area contributed by atoms with Gasteiger partial charge in [0.25, 0.3) is 0 Å². The molecule has 0 aliphatic carbocycles. The Morgan fingerprint density at radius 3 is 2.72 bits per heavy atom. The Morgan fingerprint density at radius 1 is 1.07 bits per heavy atom. The molecule has 0 unspecified atom stereocenters. The fourth-order valence-corrected chi connectivity index (χ4v) is 5.10. The molecule has 3 fully saturated rings. The fourth-order valence-electron chi connectivity index (χ4n) is 5.10. The number of pyridine rings is 1. The van der Waals surface area contributed by atoms with Crippen LogP contribution in [0.1, 0.15) is 18.4 Å². The average molecular weight is 383 g/mol. The van der Waals surface area contributed by atoms with Crippen molar-refractivity contribution in [3.05, 3.63) is 54.2 Å². The highest BCUT2D eigenvalue weighted by Crippen LogP contribution is 2.37. The van der Waals surface area contributed by atoms with Crippen LogP contribution in [-0.4, -0.2) is 45.5 Å². The van der Waals surface area contributed by atoms with Gasteiger partial charge >= 0.3 is 0 Å². The zero-order valence-electron chi connectivity index (χ0n) is 16.7. The fraction of sp³-hybridized carbons (Fsp3) is 0.333. The van der Waals surface area contributed by atoms with E-state index in [2.05, 4.69) is 52.5 Å². The number of para-hydroxylation sites is 3. The minimum atomic E-state index is 0.478. The Hall–Kier alpha value is -2.92. The topological polar surface area (TPSA) is 56.8 Å². The quantitative estimate of drug-likeness (QED) is 0.543. The number of nitrogens with zero attached hydrogens (tertiary/aromatic N) is 3. The number of hydrogen-bond acceptors (Lipinski definition) is 4. The van der Waals surface area contributed by atoms with Crippen molar-refractivity contribution in [2.24, 2.45) is 5.92 Å². The van der Waals surface area contributed by atoms with Crippen molar-refractivity contribution in [1.29, 1.82) is 0 Å². The van der Waals surface area contributed by atoms with Crippen molar-refractivity contribution in [3.8, 4) is 11.4 Å². The number of anilines is 1. The summed E-state index contributed by atoms with van der Waals surface area (Å²) in [5.41, 5.74) is 6.53. The van der Waals surface area contributed by atoms with E-state index in [0.29, 0.717) is 6.04 Å². The Balaban J connectivity index is 1.52. The van der Waals surface area contributed by atoms with E-state index in [1.807, 2.05) is 18.3 Å². The third-order valence-electron chi connectivity index (χ3n) is 6.73. The molecule has 29 heavy (non-hydrogen) atoms. The van der Waals surface area contributed by atoms with E-state index < -0.39 is 0 Å². The summed E-state index contributed by atoms with van der Waals surface area (Å²) < 4.78 is 0. The molecule has 3 aliphatic rings. The van der Waals surface area contributed by atoms with Crippen LogP contribution >= 0.6 is 0 Å². The smallest absolute Gasteiger partial charge is 0.142 e. The molecule has 2 aromatic heterocycles. The van der Waals surface area contributed by atoms with Gasteiger partial charge in [0, 0.05) is 24.2 Å². The van der Waals surface area contributed by atoms with Crippen LogP contribution in [0.2, 0.25) is 0 Å². The van der Waals surface area contributed by atoms with Crippen LogP contribution in [0.5, 0.6) is 0 Å². The molecule has 3 saturated heterocycles. The molecule has 1 atom stereocenters. The van der Waals surface area contributed by atoms with Crippen LogP contribution in [0.3, 0.4) is 0 Å². The maximum absolute atomic E-state index is 4.87. The van der Waals surface area contributed by atoms with E-state index in [1.165, 1.54) is 36.9 Å². The zero-order chi connectivity index (χ0) is 19.4. The average Bonchev–Trinajstić information content (AvgIpc) is 3.19. The zero-order valence-corrected chi connectivity index (χ0v) is 16.7. The summed E-state index contributed by atoms with van der Waals surface area (Å²) in [5, 5.41) is 5.13. The number of piperidine rings is 3. The molecule has 7 rings (SSSR count). The number of aryl methyl sites for hydroxylation is 1. The van der Waals surface area contributed by atoms with Crippen LogP contribution in [0.4, 0.5) is 5.69 Å². The third-order valence-corrected chi connectivity index (χ3v) is 6.73. The molecule has 2 N–H and O–H groups in total. The molecule has 0 amide bonds. The van der Waals surface area contributed by atoms with Gasteiger partial charge in [-0.15, -0.1) is 0 Å². The largest absolute Gasteiger partial charge is 0.380 e. The predicted molar refractivity (Wildman–Crippen MR) is 118 cm³/mol. The van der Waals surface area contributed by atoms with Crippen LogP contribution < -0.4 is 5.32 Å². The lowest BCUT2D eigenvalue weighted by atomic mass is 9.83. The van der Waals surface area contributed by atoms with Crippen molar-refractivity contribution in [2.75, 3.05) is 25.0 Å². The SMILES string of the molecule is Cc1cccc2c(N[C@H]3CN4CCC3CC4)c(-c3nc4ccccc4[nH]3)cnc12. The lowest BCUT2D eigenvalue weighted by Gasteiger charge is -2.45. The Kier molecular flexibility index (Phi) is 3.84. The first-order valence-corrected chi connectivity index (χ1v) is 10.6. The second-order valence-electron chi connectivity index (χ2n) is 8.51. The molecule has 0 spiro atoms. The van der Waals surface area contributed by atoms with Gasteiger partial charge in [-0.25, -0.2) is 4.98 Å². The minimum absolute atomic E-state index is 0.478. The van der Waals surface area contributed by atoms with E-state index in [0.717, 1.165) is 46.1 Å². The normalized spacial score (nSPS) is 23.7. The number of H-pyrrole nitrogens is 1. The number of benzene rings is 2. The molecule has 3 aliphatic heterocycles. The first kappa shape index (κ1) is 17.0. The van der Waals surface area contributed by atoms with Crippen molar-refractivity contribution >= 4 is 27.6 Å². The number of aromatic amines is 1. The third kappa shape index (κ3) is 2.80. The summed E-state index contributed by atoms with van der Waals surface area (Å²) in [7, 11) is 0. The Bertz CT molecular complexity index is 1170. The summed E-state index contributed by atoms with van der Waals surface area (Å²) in [6, 6.07) is 15.1. The van der Waals surface area contributed by atoms with E-state index in [1.54, 1.807) is 0 Å². The van der Waals surface area contributed by atoms with Crippen molar-refractivity contribution in [3.63, 3.8) is 0 Å². The molecular formula is C24H25N5. The summed E-state index contributed by atoms with van der Waals surface area (Å²) in [6.07, 6.45) is 4.57. The van der Waals surface area contributed by atoms with Crippen LogP contribution in [0, 0.1) is 12.8 Å². The van der Waals surface area contributed by atoms with Crippen molar-refractivity contribution < 1.29 is 0 Å². The van der Waals surface area contributed by atoms with Gasteiger partial charge in [0.2, 0.25) is 0 Å². The predicted octanol–water partition coefficient (Wildman–Crippen LogP) is 4.59. The molecule has 5 heterocycles. The number of aromatic nitrogens is 3. The first-order valence-electron chi connectivity index (χ1n) is 10.6. The van der Waals surface area contributed by atoms with Crippen LogP contribution in [0.15, 0.2) is 48.7 Å². The molecule has 5 nitrogen and oxygen atoms in total. The molecule has 0 saturated carbocycles. The maximum atomic E-state index is 4.87. The molecule has 146 valence electrons. The second kappa shape index (κ2) is 6.56. The van der Waals surface area contributed by atoms with Gasteiger partial charge in [-0.3, -0.25) is 4.98 Å². The van der Waals surface area contributed by atoms with Gasteiger partial charge in [0.1, 0.15) is 5.82 Å². The molecule has 5 heteroatoms. The standard InChI is InChI=1S/C24H25N5/c1-15-5-4-6-17-22(15)25-13-18(24-27-19-7-2-3-8-20(19)28-24)23(17)26-21-14-29-11-9-16(21)10-12-29/h2-8,13,16,21H,9-12,14H2,1H3,(H,25,26)(H,27,28)/t21-/m0/s1. The maximum Gasteiger partial charge on any atom is 0.142 e. The van der Waals surface area contributed by atoms with Crippen molar-refractivity contribution in [1.82, 2.24) is 19.9 Å². The number of rotatable bonds is 3. The van der Waals surface area contributed by atoms with Gasteiger partial charge in [-0.1, -0.05) is 30.3 Å². The highest BCUT2D eigenvalue weighted by Gasteiger charge is 2.34. The Labute approximate surface area is 170 Å². The molecule has 4 aromatic rings. The molecular weight excluding hydrogens is 358 g/mol. The van der Waals surface area contributed by atoms with Gasteiger partial charge in [-0.2, -0.15) is 0 Å². The molecule has 2 aromatic carbocycles. The summed E-state index contributed by atoms with van der Waals surface area (Å²) >= 11 is 0. The highest BCUT2D eigenvalue weighted by molar-refractivity contribution is 6.00. The van der Waals surface area contributed by atoms with E-state index in [9.17, 15) is 0 Å². The van der Waals surface area contributed by atoms with E-state index in [4.69, 9.17) is 9.97 Å². The molecule has 2 bridgehead atoms. The number of fused-ring (bicyclic) bond motifs is 5. The number of nitrogens with one attached hydrogen (secondary N) is 2.